The predicted octanol–water partition coefficient (Wildman–Crippen LogP) is 3.00. The molecule has 66 valence electrons. The molecule has 0 bridgehead atoms. The van der Waals surface area contributed by atoms with Crippen molar-refractivity contribution in [1.29, 1.82) is 0 Å². The number of halogens is 1. The molecule has 0 N–H and O–H groups in total. The van der Waals surface area contributed by atoms with Gasteiger partial charge in [-0.05, 0) is 41.4 Å². The molecule has 0 fully saturated rings. The van der Waals surface area contributed by atoms with Gasteiger partial charge in [-0.3, -0.25) is 0 Å². The maximum Gasteiger partial charge on any atom is 0.348 e. The lowest BCUT2D eigenvalue weighted by atomic mass is 10.3. The minimum absolute atomic E-state index is 0.240. The molecule has 1 aromatic rings. The lowest BCUT2D eigenvalue weighted by Crippen LogP contribution is -2.01. The molecule has 1 rings (SSSR count). The van der Waals surface area contributed by atoms with Gasteiger partial charge >= 0.3 is 5.97 Å². The van der Waals surface area contributed by atoms with E-state index in [1.54, 1.807) is 6.92 Å². The summed E-state index contributed by atoms with van der Waals surface area (Å²) in [6.07, 6.45) is 0. The zero-order valence-corrected chi connectivity index (χ0v) is 9.29. The molecule has 0 atom stereocenters. The fourth-order valence-electron chi connectivity index (χ4n) is 0.763. The Morgan fingerprint density at radius 1 is 1.75 bits per heavy atom. The summed E-state index contributed by atoms with van der Waals surface area (Å²) in [4.78, 5) is 11.8. The maximum absolute atomic E-state index is 11.2. The first-order valence-corrected chi connectivity index (χ1v) is 5.19. The number of aryl methyl sites for hydroxylation is 1. The van der Waals surface area contributed by atoms with Crippen LogP contribution in [0.5, 0.6) is 0 Å². The average molecular weight is 249 g/mol. The number of hydrogen-bond donors (Lipinski definition) is 0. The van der Waals surface area contributed by atoms with Gasteiger partial charge in [0.25, 0.3) is 0 Å². The highest BCUT2D eigenvalue weighted by Crippen LogP contribution is 2.27. The van der Waals surface area contributed by atoms with E-state index in [0.29, 0.717) is 11.5 Å². The third-order valence-electron chi connectivity index (χ3n) is 1.33. The third kappa shape index (κ3) is 2.08. The summed E-state index contributed by atoms with van der Waals surface area (Å²) >= 11 is 4.75. The Kier molecular flexibility index (Phi) is 3.29. The summed E-state index contributed by atoms with van der Waals surface area (Å²) in [6, 6.07) is 1.83. The molecular formula is C8H9BrO2S. The Bertz CT molecular complexity index is 274. The topological polar surface area (TPSA) is 26.3 Å². The Hall–Kier alpha value is -0.350. The highest BCUT2D eigenvalue weighted by molar-refractivity contribution is 9.11. The van der Waals surface area contributed by atoms with E-state index in [1.807, 2.05) is 13.0 Å². The zero-order valence-electron chi connectivity index (χ0n) is 6.89. The number of ether oxygens (including phenoxy) is 1. The molecule has 0 aromatic carbocycles. The van der Waals surface area contributed by atoms with Crippen LogP contribution < -0.4 is 0 Å². The Balaban J connectivity index is 2.82. The summed E-state index contributed by atoms with van der Waals surface area (Å²) in [5.41, 5.74) is 1.07. The molecule has 0 amide bonds. The standard InChI is InChI=1S/C8H9BrO2S/c1-3-11-8(10)6-4-5(2)7(9)12-6/h4H,3H2,1-2H3. The van der Waals surface area contributed by atoms with Gasteiger partial charge in [0.05, 0.1) is 10.4 Å². The third-order valence-corrected chi connectivity index (χ3v) is 3.45. The van der Waals surface area contributed by atoms with E-state index < -0.39 is 0 Å². The summed E-state index contributed by atoms with van der Waals surface area (Å²) in [6.45, 7) is 4.17. The van der Waals surface area contributed by atoms with Gasteiger partial charge in [0.15, 0.2) is 0 Å². The average Bonchev–Trinajstić information content (AvgIpc) is 2.33. The van der Waals surface area contributed by atoms with Crippen LogP contribution >= 0.6 is 27.3 Å². The van der Waals surface area contributed by atoms with Crippen LogP contribution in [0, 0.1) is 6.92 Å². The van der Waals surface area contributed by atoms with E-state index >= 15 is 0 Å². The molecule has 1 aromatic heterocycles. The van der Waals surface area contributed by atoms with Gasteiger partial charge < -0.3 is 4.74 Å². The van der Waals surface area contributed by atoms with E-state index in [9.17, 15) is 4.79 Å². The van der Waals surface area contributed by atoms with Crippen LogP contribution in [0.3, 0.4) is 0 Å². The van der Waals surface area contributed by atoms with Gasteiger partial charge in [0.1, 0.15) is 4.88 Å². The first-order chi connectivity index (χ1) is 5.65. The molecule has 0 aliphatic rings. The summed E-state index contributed by atoms with van der Waals surface area (Å²) < 4.78 is 5.84. The molecule has 4 heteroatoms. The number of rotatable bonds is 2. The quantitative estimate of drug-likeness (QED) is 0.753. The summed E-state index contributed by atoms with van der Waals surface area (Å²) in [7, 11) is 0. The van der Waals surface area contributed by atoms with Crippen molar-refractivity contribution in [3.8, 4) is 0 Å². The summed E-state index contributed by atoms with van der Waals surface area (Å²) in [5, 5.41) is 0. The first-order valence-electron chi connectivity index (χ1n) is 3.58. The van der Waals surface area contributed by atoms with Crippen molar-refractivity contribution in [2.45, 2.75) is 13.8 Å². The van der Waals surface area contributed by atoms with Gasteiger partial charge in [-0.2, -0.15) is 0 Å². The van der Waals surface area contributed by atoms with Crippen molar-refractivity contribution >= 4 is 33.2 Å². The zero-order chi connectivity index (χ0) is 9.14. The van der Waals surface area contributed by atoms with Crippen LogP contribution in [-0.4, -0.2) is 12.6 Å². The van der Waals surface area contributed by atoms with Crippen LogP contribution in [-0.2, 0) is 4.74 Å². The van der Waals surface area contributed by atoms with E-state index in [1.165, 1.54) is 11.3 Å². The van der Waals surface area contributed by atoms with E-state index in [4.69, 9.17) is 4.74 Å². The molecule has 2 nitrogen and oxygen atoms in total. The summed E-state index contributed by atoms with van der Waals surface area (Å²) in [5.74, 6) is -0.240. The van der Waals surface area contributed by atoms with E-state index in [2.05, 4.69) is 15.9 Å². The van der Waals surface area contributed by atoms with E-state index in [-0.39, 0.29) is 5.97 Å². The van der Waals surface area contributed by atoms with Crippen LogP contribution in [0.1, 0.15) is 22.2 Å². The number of thiophene rings is 1. The lowest BCUT2D eigenvalue weighted by molar-refractivity contribution is 0.0532. The molecule has 0 saturated carbocycles. The molecule has 0 spiro atoms. The van der Waals surface area contributed by atoms with Crippen molar-refractivity contribution in [1.82, 2.24) is 0 Å². The second kappa shape index (κ2) is 4.05. The highest BCUT2D eigenvalue weighted by Gasteiger charge is 2.11. The van der Waals surface area contributed by atoms with Gasteiger partial charge in [-0.1, -0.05) is 0 Å². The maximum atomic E-state index is 11.2. The fourth-order valence-corrected chi connectivity index (χ4v) is 2.19. The molecule has 0 unspecified atom stereocenters. The van der Waals surface area contributed by atoms with Crippen LogP contribution in [0.2, 0.25) is 0 Å². The van der Waals surface area contributed by atoms with Crippen molar-refractivity contribution in [2.75, 3.05) is 6.61 Å². The van der Waals surface area contributed by atoms with Crippen LogP contribution in [0.4, 0.5) is 0 Å². The van der Waals surface area contributed by atoms with Crippen molar-refractivity contribution in [3.05, 3.63) is 20.3 Å². The van der Waals surface area contributed by atoms with Gasteiger partial charge in [-0.15, -0.1) is 11.3 Å². The molecule has 0 aliphatic carbocycles. The normalized spacial score (nSPS) is 9.92. The van der Waals surface area contributed by atoms with Gasteiger partial charge in [0.2, 0.25) is 0 Å². The molecule has 0 aliphatic heterocycles. The Morgan fingerprint density at radius 3 is 2.83 bits per heavy atom. The minimum atomic E-state index is -0.240. The van der Waals surface area contributed by atoms with Crippen molar-refractivity contribution < 1.29 is 9.53 Å². The highest BCUT2D eigenvalue weighted by atomic mass is 79.9. The lowest BCUT2D eigenvalue weighted by Gasteiger charge is -1.95. The van der Waals surface area contributed by atoms with Gasteiger partial charge in [0, 0.05) is 0 Å². The SMILES string of the molecule is CCOC(=O)c1cc(C)c(Br)s1. The second-order valence-electron chi connectivity index (χ2n) is 2.29. The second-order valence-corrected chi connectivity index (χ2v) is 4.66. The Labute approximate surface area is 83.7 Å². The number of carbonyl (C=O) groups is 1. The monoisotopic (exact) mass is 248 g/mol. The number of hydrogen-bond acceptors (Lipinski definition) is 3. The fraction of sp³-hybridized carbons (Fsp3) is 0.375. The number of esters is 1. The molecule has 1 heterocycles. The Morgan fingerprint density at radius 2 is 2.42 bits per heavy atom. The van der Waals surface area contributed by atoms with Crippen molar-refractivity contribution in [3.63, 3.8) is 0 Å². The van der Waals surface area contributed by atoms with E-state index in [0.717, 1.165) is 9.35 Å². The largest absolute Gasteiger partial charge is 0.462 e. The molecule has 12 heavy (non-hydrogen) atoms. The smallest absolute Gasteiger partial charge is 0.348 e. The predicted molar refractivity (Wildman–Crippen MR) is 52.7 cm³/mol. The molecule has 0 saturated heterocycles. The number of carbonyl (C=O) groups excluding carboxylic acids is 1. The van der Waals surface area contributed by atoms with Crippen LogP contribution in [0.15, 0.2) is 9.85 Å². The van der Waals surface area contributed by atoms with Gasteiger partial charge in [-0.25, -0.2) is 4.79 Å². The van der Waals surface area contributed by atoms with Crippen molar-refractivity contribution in [2.24, 2.45) is 0 Å². The molecular weight excluding hydrogens is 240 g/mol. The first kappa shape index (κ1) is 9.74. The minimum Gasteiger partial charge on any atom is -0.462 e. The van der Waals surface area contributed by atoms with Crippen LogP contribution in [0.25, 0.3) is 0 Å². The molecule has 0 radical (unpaired) electrons.